The lowest BCUT2D eigenvalue weighted by molar-refractivity contribution is -0.119. The van der Waals surface area contributed by atoms with Gasteiger partial charge in [0.15, 0.2) is 6.61 Å². The lowest BCUT2D eigenvalue weighted by Gasteiger charge is -2.12. The van der Waals surface area contributed by atoms with E-state index >= 15 is 0 Å². The first-order chi connectivity index (χ1) is 13.0. The highest BCUT2D eigenvalue weighted by Gasteiger charge is 2.20. The van der Waals surface area contributed by atoms with E-state index in [0.717, 1.165) is 6.07 Å². The molecule has 0 aliphatic rings. The molecule has 0 unspecified atom stereocenters. The van der Waals surface area contributed by atoms with Crippen LogP contribution in [0, 0.1) is 6.92 Å². The van der Waals surface area contributed by atoms with Crippen molar-refractivity contribution in [2.45, 2.75) is 11.8 Å². The van der Waals surface area contributed by atoms with Gasteiger partial charge in [0.25, 0.3) is 5.91 Å². The molecule has 0 radical (unpaired) electrons. The molecule has 0 fully saturated rings. The Morgan fingerprint density at radius 1 is 1.18 bits per heavy atom. The van der Waals surface area contributed by atoms with E-state index in [1.165, 1.54) is 19.2 Å². The fourth-order valence-corrected chi connectivity index (χ4v) is 3.18. The van der Waals surface area contributed by atoms with Gasteiger partial charge < -0.3 is 14.8 Å². The zero-order chi connectivity index (χ0) is 21.1. The number of hydrogen-bond acceptors (Lipinski definition) is 6. The van der Waals surface area contributed by atoms with Gasteiger partial charge in [-0.3, -0.25) is 4.79 Å². The molecule has 0 aliphatic heterocycles. The van der Waals surface area contributed by atoms with Gasteiger partial charge in [-0.1, -0.05) is 29.3 Å². The highest BCUT2D eigenvalue weighted by atomic mass is 35.5. The third-order valence-electron chi connectivity index (χ3n) is 3.60. The van der Waals surface area contributed by atoms with Crippen LogP contribution in [-0.4, -0.2) is 34.0 Å². The summed E-state index contributed by atoms with van der Waals surface area (Å²) in [6.45, 7) is 1.07. The van der Waals surface area contributed by atoms with Gasteiger partial charge in [0, 0.05) is 0 Å². The number of amides is 1. The van der Waals surface area contributed by atoms with Crippen LogP contribution in [0.4, 0.5) is 5.69 Å². The Hall–Kier alpha value is -2.33. The van der Waals surface area contributed by atoms with E-state index < -0.39 is 28.5 Å². The van der Waals surface area contributed by atoms with E-state index in [-0.39, 0.29) is 31.9 Å². The van der Waals surface area contributed by atoms with Crippen molar-refractivity contribution < 1.29 is 27.5 Å². The maximum atomic E-state index is 12.3. The summed E-state index contributed by atoms with van der Waals surface area (Å²) >= 11 is 12.1. The SMILES string of the molecule is COc1ccc(S(N)(=O)=O)cc1C(=O)OCC(=O)Nc1c(Cl)ccc(C)c1Cl. The largest absolute Gasteiger partial charge is 0.496 e. The summed E-state index contributed by atoms with van der Waals surface area (Å²) < 4.78 is 32.9. The van der Waals surface area contributed by atoms with Crippen LogP contribution in [0.15, 0.2) is 35.2 Å². The number of nitrogens with one attached hydrogen (secondary N) is 1. The molecule has 1 amide bonds. The number of rotatable bonds is 6. The molecular weight excluding hydrogens is 431 g/mol. The van der Waals surface area contributed by atoms with Gasteiger partial charge in [0.1, 0.15) is 11.3 Å². The second-order valence-electron chi connectivity index (χ2n) is 5.58. The molecule has 150 valence electrons. The molecule has 0 aliphatic carbocycles. The number of primary sulfonamides is 1. The van der Waals surface area contributed by atoms with Crippen molar-refractivity contribution in [1.82, 2.24) is 0 Å². The lowest BCUT2D eigenvalue weighted by atomic mass is 10.2. The number of aryl methyl sites for hydroxylation is 1. The number of ether oxygens (including phenoxy) is 2. The molecule has 0 spiro atoms. The molecule has 2 aromatic carbocycles. The van der Waals surface area contributed by atoms with E-state index in [2.05, 4.69) is 5.32 Å². The number of halogens is 2. The molecule has 11 heteroatoms. The van der Waals surface area contributed by atoms with Crippen molar-refractivity contribution in [1.29, 1.82) is 0 Å². The van der Waals surface area contributed by atoms with Crippen LogP contribution in [0.25, 0.3) is 0 Å². The van der Waals surface area contributed by atoms with E-state index in [0.29, 0.717) is 5.56 Å². The number of carbonyl (C=O) groups is 2. The first-order valence-corrected chi connectivity index (χ1v) is 9.97. The monoisotopic (exact) mass is 446 g/mol. The Labute approximate surface area is 171 Å². The summed E-state index contributed by atoms with van der Waals surface area (Å²) in [5, 5.41) is 8.00. The highest BCUT2D eigenvalue weighted by molar-refractivity contribution is 7.89. The Balaban J connectivity index is 2.14. The summed E-state index contributed by atoms with van der Waals surface area (Å²) in [5.74, 6) is -1.61. The fourth-order valence-electron chi connectivity index (χ4n) is 2.18. The normalized spacial score (nSPS) is 11.0. The molecule has 0 aromatic heterocycles. The minimum atomic E-state index is -4.04. The predicted molar refractivity (Wildman–Crippen MR) is 104 cm³/mol. The van der Waals surface area contributed by atoms with Gasteiger partial charge in [0.2, 0.25) is 10.0 Å². The lowest BCUT2D eigenvalue weighted by Crippen LogP contribution is -2.22. The van der Waals surface area contributed by atoms with Crippen molar-refractivity contribution in [3.63, 3.8) is 0 Å². The first kappa shape index (κ1) is 22.0. The second kappa shape index (κ2) is 8.78. The summed E-state index contributed by atoms with van der Waals surface area (Å²) in [6, 6.07) is 6.68. The standard InChI is InChI=1S/C17H16Cl2N2O6S/c1-9-3-5-12(18)16(15(9)19)21-14(22)8-27-17(23)11-7-10(28(20,24)25)4-6-13(11)26-2/h3-7H,8H2,1-2H3,(H,21,22)(H2,20,24,25). The third-order valence-corrected chi connectivity index (χ3v) is 5.32. The number of anilines is 1. The molecule has 0 atom stereocenters. The number of hydrogen-bond donors (Lipinski definition) is 2. The highest BCUT2D eigenvalue weighted by Crippen LogP contribution is 2.32. The van der Waals surface area contributed by atoms with Crippen LogP contribution in [-0.2, 0) is 19.6 Å². The van der Waals surface area contributed by atoms with Gasteiger partial charge in [-0.25, -0.2) is 18.4 Å². The minimum Gasteiger partial charge on any atom is -0.496 e. The molecule has 8 nitrogen and oxygen atoms in total. The van der Waals surface area contributed by atoms with Crippen LogP contribution in [0.3, 0.4) is 0 Å². The number of methoxy groups -OCH3 is 1. The summed E-state index contributed by atoms with van der Waals surface area (Å²) in [6.07, 6.45) is 0. The van der Waals surface area contributed by atoms with Gasteiger partial charge in [0.05, 0.1) is 27.7 Å². The van der Waals surface area contributed by atoms with Crippen molar-refractivity contribution in [3.05, 3.63) is 51.5 Å². The van der Waals surface area contributed by atoms with Gasteiger partial charge >= 0.3 is 5.97 Å². The van der Waals surface area contributed by atoms with Crippen molar-refractivity contribution >= 4 is 50.8 Å². The van der Waals surface area contributed by atoms with Crippen LogP contribution < -0.4 is 15.2 Å². The predicted octanol–water partition coefficient (Wildman–Crippen LogP) is 2.75. The van der Waals surface area contributed by atoms with Crippen molar-refractivity contribution in [3.8, 4) is 5.75 Å². The van der Waals surface area contributed by atoms with E-state index in [9.17, 15) is 18.0 Å². The average Bonchev–Trinajstić information content (AvgIpc) is 2.65. The summed E-state index contributed by atoms with van der Waals surface area (Å²) in [5.41, 5.74) is 0.689. The summed E-state index contributed by atoms with van der Waals surface area (Å²) in [4.78, 5) is 24.1. The molecule has 3 N–H and O–H groups in total. The summed E-state index contributed by atoms with van der Waals surface area (Å²) in [7, 11) is -2.75. The molecule has 0 bridgehead atoms. The minimum absolute atomic E-state index is 0.0579. The van der Waals surface area contributed by atoms with E-state index in [4.69, 9.17) is 37.8 Å². The maximum absolute atomic E-state index is 12.3. The molecular formula is C17H16Cl2N2O6S. The molecule has 0 heterocycles. The average molecular weight is 447 g/mol. The number of carbonyl (C=O) groups excluding carboxylic acids is 2. The molecule has 28 heavy (non-hydrogen) atoms. The van der Waals surface area contributed by atoms with Gasteiger partial charge in [-0.15, -0.1) is 0 Å². The molecule has 2 rings (SSSR count). The Morgan fingerprint density at radius 2 is 1.86 bits per heavy atom. The topological polar surface area (TPSA) is 125 Å². The smallest absolute Gasteiger partial charge is 0.342 e. The number of sulfonamides is 1. The van der Waals surface area contributed by atoms with Crippen LogP contribution >= 0.6 is 23.2 Å². The fraction of sp³-hybridized carbons (Fsp3) is 0.176. The quantitative estimate of drug-likeness (QED) is 0.657. The Kier molecular flexibility index (Phi) is 6.89. The van der Waals surface area contributed by atoms with E-state index in [1.54, 1.807) is 19.1 Å². The molecule has 2 aromatic rings. The number of nitrogens with two attached hydrogens (primary N) is 1. The van der Waals surface area contributed by atoms with Crippen LogP contribution in [0.2, 0.25) is 10.0 Å². The van der Waals surface area contributed by atoms with Gasteiger partial charge in [-0.05, 0) is 36.8 Å². The maximum Gasteiger partial charge on any atom is 0.342 e. The zero-order valence-electron chi connectivity index (χ0n) is 14.8. The Bertz CT molecular complexity index is 1040. The van der Waals surface area contributed by atoms with Crippen molar-refractivity contribution in [2.75, 3.05) is 19.0 Å². The molecule has 0 saturated heterocycles. The second-order valence-corrected chi connectivity index (χ2v) is 7.93. The van der Waals surface area contributed by atoms with Crippen molar-refractivity contribution in [2.24, 2.45) is 5.14 Å². The first-order valence-electron chi connectivity index (χ1n) is 7.67. The third kappa shape index (κ3) is 5.14. The number of esters is 1. The Morgan fingerprint density at radius 3 is 2.46 bits per heavy atom. The van der Waals surface area contributed by atoms with Crippen LogP contribution in [0.1, 0.15) is 15.9 Å². The zero-order valence-corrected chi connectivity index (χ0v) is 17.1. The van der Waals surface area contributed by atoms with E-state index in [1.807, 2.05) is 0 Å². The van der Waals surface area contributed by atoms with Crippen LogP contribution in [0.5, 0.6) is 5.75 Å². The molecule has 0 saturated carbocycles. The number of benzene rings is 2. The van der Waals surface area contributed by atoms with Gasteiger partial charge in [-0.2, -0.15) is 0 Å².